The van der Waals surface area contributed by atoms with Crippen LogP contribution in [0.15, 0.2) is 10.5 Å². The molecule has 0 saturated carbocycles. The Morgan fingerprint density at radius 3 is 3.05 bits per heavy atom. The van der Waals surface area contributed by atoms with Crippen molar-refractivity contribution < 1.29 is 9.21 Å². The van der Waals surface area contributed by atoms with Gasteiger partial charge in [0.05, 0.1) is 6.07 Å². The Labute approximate surface area is 119 Å². The lowest BCUT2D eigenvalue weighted by atomic mass is 9.95. The molecule has 0 N–H and O–H groups in total. The highest BCUT2D eigenvalue weighted by molar-refractivity contribution is 5.92. The summed E-state index contributed by atoms with van der Waals surface area (Å²) in [7, 11) is 0. The number of likely N-dealkylation sites (tertiary alicyclic amines) is 1. The van der Waals surface area contributed by atoms with Crippen LogP contribution in [0, 0.1) is 17.2 Å². The van der Waals surface area contributed by atoms with Gasteiger partial charge in [0, 0.05) is 25.9 Å². The van der Waals surface area contributed by atoms with E-state index in [0.717, 1.165) is 44.4 Å². The zero-order valence-corrected chi connectivity index (χ0v) is 11.7. The van der Waals surface area contributed by atoms with Crippen LogP contribution in [-0.4, -0.2) is 23.9 Å². The molecule has 1 unspecified atom stereocenters. The Balaban J connectivity index is 1.72. The minimum Gasteiger partial charge on any atom is -0.456 e. The lowest BCUT2D eigenvalue weighted by molar-refractivity contribution is 0.0641. The van der Waals surface area contributed by atoms with E-state index in [1.807, 2.05) is 11.0 Å². The number of aryl methyl sites for hydroxylation is 2. The first-order valence-electron chi connectivity index (χ1n) is 7.55. The number of carbonyl (C=O) groups excluding carboxylic acids is 1. The van der Waals surface area contributed by atoms with Crippen molar-refractivity contribution in [3.05, 3.63) is 23.2 Å². The normalized spacial score (nSPS) is 22.1. The van der Waals surface area contributed by atoms with E-state index in [9.17, 15) is 4.79 Å². The molecule has 3 rings (SSSR count). The molecule has 0 radical (unpaired) electrons. The summed E-state index contributed by atoms with van der Waals surface area (Å²) < 4.78 is 5.76. The minimum atomic E-state index is 0.00189. The maximum atomic E-state index is 12.5. The number of nitriles is 1. The molecule has 1 aliphatic heterocycles. The summed E-state index contributed by atoms with van der Waals surface area (Å²) in [5, 5.41) is 8.80. The van der Waals surface area contributed by atoms with E-state index in [1.165, 1.54) is 12.0 Å². The molecule has 1 saturated heterocycles. The Hall–Kier alpha value is -1.76. The first-order chi connectivity index (χ1) is 9.78. The van der Waals surface area contributed by atoms with Crippen LogP contribution in [0.3, 0.4) is 0 Å². The molecule has 1 aliphatic carbocycles. The maximum Gasteiger partial charge on any atom is 0.289 e. The molecule has 2 aliphatic rings. The monoisotopic (exact) mass is 272 g/mol. The van der Waals surface area contributed by atoms with Gasteiger partial charge in [-0.2, -0.15) is 5.26 Å². The van der Waals surface area contributed by atoms with Crippen molar-refractivity contribution in [1.82, 2.24) is 4.90 Å². The van der Waals surface area contributed by atoms with E-state index in [0.29, 0.717) is 24.6 Å². The summed E-state index contributed by atoms with van der Waals surface area (Å²) >= 11 is 0. The number of hydrogen-bond donors (Lipinski definition) is 0. The van der Waals surface area contributed by atoms with Crippen LogP contribution in [0.2, 0.25) is 0 Å². The van der Waals surface area contributed by atoms with Crippen LogP contribution in [0.1, 0.15) is 54.0 Å². The molecule has 0 spiro atoms. The molecule has 0 bridgehead atoms. The van der Waals surface area contributed by atoms with Crippen LogP contribution in [0.25, 0.3) is 0 Å². The topological polar surface area (TPSA) is 57.2 Å². The summed E-state index contributed by atoms with van der Waals surface area (Å²) in [6.07, 6.45) is 6.90. The highest BCUT2D eigenvalue weighted by Crippen LogP contribution is 2.27. The summed E-state index contributed by atoms with van der Waals surface area (Å²) in [6, 6.07) is 4.15. The number of fused-ring (bicyclic) bond motifs is 1. The van der Waals surface area contributed by atoms with E-state index in [1.54, 1.807) is 0 Å². The average Bonchev–Trinajstić information content (AvgIpc) is 2.91. The zero-order valence-electron chi connectivity index (χ0n) is 11.7. The Morgan fingerprint density at radius 1 is 1.40 bits per heavy atom. The Bertz CT molecular complexity index is 518. The highest BCUT2D eigenvalue weighted by atomic mass is 16.4. The molecule has 1 aromatic rings. The third kappa shape index (κ3) is 2.58. The fourth-order valence-corrected chi connectivity index (χ4v) is 3.30. The first kappa shape index (κ1) is 13.2. The van der Waals surface area contributed by atoms with Crippen LogP contribution < -0.4 is 0 Å². The number of piperidine rings is 1. The van der Waals surface area contributed by atoms with Gasteiger partial charge in [-0.3, -0.25) is 4.79 Å². The van der Waals surface area contributed by atoms with E-state index >= 15 is 0 Å². The second kappa shape index (κ2) is 5.70. The molecule has 20 heavy (non-hydrogen) atoms. The standard InChI is InChI=1S/C16H20N2O2/c17-8-7-12-4-3-9-18(11-12)16(19)15-10-13-5-1-2-6-14(13)20-15/h10,12H,1-7,9,11H2. The van der Waals surface area contributed by atoms with Gasteiger partial charge in [-0.15, -0.1) is 0 Å². The molecule has 1 fully saturated rings. The third-order valence-electron chi connectivity index (χ3n) is 4.39. The van der Waals surface area contributed by atoms with Gasteiger partial charge in [0.1, 0.15) is 5.76 Å². The van der Waals surface area contributed by atoms with Gasteiger partial charge in [0.15, 0.2) is 5.76 Å². The summed E-state index contributed by atoms with van der Waals surface area (Å²) in [6.45, 7) is 1.48. The summed E-state index contributed by atoms with van der Waals surface area (Å²) in [5.41, 5.74) is 1.21. The minimum absolute atomic E-state index is 0.00189. The van der Waals surface area contributed by atoms with Gasteiger partial charge in [0.25, 0.3) is 5.91 Å². The molecule has 1 amide bonds. The molecule has 4 heteroatoms. The third-order valence-corrected chi connectivity index (χ3v) is 4.39. The predicted molar refractivity (Wildman–Crippen MR) is 74.2 cm³/mol. The number of nitrogens with zero attached hydrogens (tertiary/aromatic N) is 2. The van der Waals surface area contributed by atoms with Crippen molar-refractivity contribution in [3.63, 3.8) is 0 Å². The molecule has 1 aromatic heterocycles. The number of furan rings is 1. The van der Waals surface area contributed by atoms with Gasteiger partial charge in [-0.25, -0.2) is 0 Å². The lowest BCUT2D eigenvalue weighted by Gasteiger charge is -2.31. The van der Waals surface area contributed by atoms with Crippen molar-refractivity contribution in [2.75, 3.05) is 13.1 Å². The number of rotatable bonds is 2. The van der Waals surface area contributed by atoms with Crippen LogP contribution in [-0.2, 0) is 12.8 Å². The Morgan fingerprint density at radius 2 is 2.25 bits per heavy atom. The molecule has 2 heterocycles. The second-order valence-electron chi connectivity index (χ2n) is 5.89. The van der Waals surface area contributed by atoms with Crippen LogP contribution in [0.4, 0.5) is 0 Å². The fourth-order valence-electron chi connectivity index (χ4n) is 3.30. The van der Waals surface area contributed by atoms with E-state index in [4.69, 9.17) is 9.68 Å². The van der Waals surface area contributed by atoms with Crippen LogP contribution >= 0.6 is 0 Å². The SMILES string of the molecule is N#CCC1CCCN(C(=O)c2cc3c(o2)CCCC3)C1. The van der Waals surface area contributed by atoms with Gasteiger partial charge in [0.2, 0.25) is 0 Å². The molecular formula is C16H20N2O2. The zero-order chi connectivity index (χ0) is 13.9. The quantitative estimate of drug-likeness (QED) is 0.831. The lowest BCUT2D eigenvalue weighted by Crippen LogP contribution is -2.39. The van der Waals surface area contributed by atoms with Crippen molar-refractivity contribution in [1.29, 1.82) is 5.26 Å². The van der Waals surface area contributed by atoms with Gasteiger partial charge >= 0.3 is 0 Å². The van der Waals surface area contributed by atoms with Crippen molar-refractivity contribution >= 4 is 5.91 Å². The smallest absolute Gasteiger partial charge is 0.289 e. The van der Waals surface area contributed by atoms with Crippen molar-refractivity contribution in [2.24, 2.45) is 5.92 Å². The number of hydrogen-bond acceptors (Lipinski definition) is 3. The highest BCUT2D eigenvalue weighted by Gasteiger charge is 2.27. The molecule has 106 valence electrons. The summed E-state index contributed by atoms with van der Waals surface area (Å²) in [5.74, 6) is 1.82. The predicted octanol–water partition coefficient (Wildman–Crippen LogP) is 2.92. The fraction of sp³-hybridized carbons (Fsp3) is 0.625. The largest absolute Gasteiger partial charge is 0.456 e. The van der Waals surface area contributed by atoms with Crippen molar-refractivity contribution in [3.8, 4) is 6.07 Å². The molecule has 0 aromatic carbocycles. The molecule has 4 nitrogen and oxygen atoms in total. The number of amides is 1. The van der Waals surface area contributed by atoms with E-state index in [-0.39, 0.29) is 5.91 Å². The average molecular weight is 272 g/mol. The van der Waals surface area contributed by atoms with Gasteiger partial charge in [-0.05, 0) is 49.7 Å². The van der Waals surface area contributed by atoms with Gasteiger partial charge < -0.3 is 9.32 Å². The van der Waals surface area contributed by atoms with E-state index in [2.05, 4.69) is 6.07 Å². The van der Waals surface area contributed by atoms with E-state index < -0.39 is 0 Å². The second-order valence-corrected chi connectivity index (χ2v) is 5.89. The van der Waals surface area contributed by atoms with Gasteiger partial charge in [-0.1, -0.05) is 0 Å². The maximum absolute atomic E-state index is 12.5. The first-order valence-corrected chi connectivity index (χ1v) is 7.55. The number of carbonyl (C=O) groups is 1. The Kier molecular flexibility index (Phi) is 3.77. The molecule has 1 atom stereocenters. The summed E-state index contributed by atoms with van der Waals surface area (Å²) in [4.78, 5) is 14.4. The molecular weight excluding hydrogens is 252 g/mol. The van der Waals surface area contributed by atoms with Crippen molar-refractivity contribution in [2.45, 2.75) is 44.9 Å². The van der Waals surface area contributed by atoms with Crippen LogP contribution in [0.5, 0.6) is 0 Å².